The Labute approximate surface area is 115 Å². The van der Waals surface area contributed by atoms with Gasteiger partial charge in [0.2, 0.25) is 0 Å². The number of rotatable bonds is 3. The van der Waals surface area contributed by atoms with E-state index in [1.165, 1.54) is 0 Å². The van der Waals surface area contributed by atoms with Crippen molar-refractivity contribution in [3.63, 3.8) is 0 Å². The molecule has 0 N–H and O–H groups in total. The van der Waals surface area contributed by atoms with Crippen LogP contribution in [0.4, 0.5) is 0 Å². The van der Waals surface area contributed by atoms with Gasteiger partial charge < -0.3 is 4.74 Å². The van der Waals surface area contributed by atoms with E-state index in [2.05, 4.69) is 15.9 Å². The molecule has 0 fully saturated rings. The molecule has 0 spiro atoms. The summed E-state index contributed by atoms with van der Waals surface area (Å²) in [6.45, 7) is 3.53. The number of benzene rings is 2. The lowest BCUT2D eigenvalue weighted by molar-refractivity contribution is 0.101. The Morgan fingerprint density at radius 3 is 2.67 bits per heavy atom. The van der Waals surface area contributed by atoms with Crippen molar-refractivity contribution in [1.82, 2.24) is 0 Å². The summed E-state index contributed by atoms with van der Waals surface area (Å²) in [7, 11) is 0. The van der Waals surface area contributed by atoms with Gasteiger partial charge in [0, 0.05) is 10.0 Å². The van der Waals surface area contributed by atoms with Gasteiger partial charge in [0.05, 0.1) is 0 Å². The van der Waals surface area contributed by atoms with Crippen LogP contribution in [0.5, 0.6) is 11.5 Å². The first-order valence-electron chi connectivity index (χ1n) is 5.61. The van der Waals surface area contributed by atoms with Crippen molar-refractivity contribution >= 4 is 21.7 Å². The molecule has 0 aliphatic rings. The minimum Gasteiger partial charge on any atom is -0.457 e. The smallest absolute Gasteiger partial charge is 0.159 e. The fraction of sp³-hybridized carbons (Fsp3) is 0.133. The second-order valence-corrected chi connectivity index (χ2v) is 5.01. The van der Waals surface area contributed by atoms with Crippen LogP contribution < -0.4 is 4.74 Å². The third-order valence-corrected chi connectivity index (χ3v) is 3.11. The number of carbonyl (C=O) groups is 1. The van der Waals surface area contributed by atoms with Crippen LogP contribution in [0.25, 0.3) is 0 Å². The van der Waals surface area contributed by atoms with Gasteiger partial charge in [-0.1, -0.05) is 34.1 Å². The number of ether oxygens (including phenoxy) is 1. The van der Waals surface area contributed by atoms with Gasteiger partial charge in [-0.05, 0) is 43.7 Å². The normalized spacial score (nSPS) is 10.2. The van der Waals surface area contributed by atoms with E-state index in [0.29, 0.717) is 11.3 Å². The molecule has 0 atom stereocenters. The lowest BCUT2D eigenvalue weighted by Gasteiger charge is -2.09. The van der Waals surface area contributed by atoms with Crippen molar-refractivity contribution in [1.29, 1.82) is 0 Å². The maximum absolute atomic E-state index is 11.3. The molecule has 0 unspecified atom stereocenters. The van der Waals surface area contributed by atoms with Crippen LogP contribution in [-0.2, 0) is 0 Å². The molecule has 0 heterocycles. The molecule has 0 radical (unpaired) electrons. The van der Waals surface area contributed by atoms with Gasteiger partial charge in [-0.3, -0.25) is 4.79 Å². The van der Waals surface area contributed by atoms with Gasteiger partial charge in [0.25, 0.3) is 0 Å². The zero-order valence-corrected chi connectivity index (χ0v) is 11.8. The molecule has 18 heavy (non-hydrogen) atoms. The average Bonchev–Trinajstić information content (AvgIpc) is 2.34. The summed E-state index contributed by atoms with van der Waals surface area (Å²) in [4.78, 5) is 11.3. The second kappa shape index (κ2) is 5.36. The highest BCUT2D eigenvalue weighted by Crippen LogP contribution is 2.28. The summed E-state index contributed by atoms with van der Waals surface area (Å²) >= 11 is 3.41. The summed E-state index contributed by atoms with van der Waals surface area (Å²) in [5.41, 5.74) is 1.70. The number of Topliss-reactive ketones (excluding diaryl/α,β-unsaturated/α-hetero) is 1. The zero-order valence-electron chi connectivity index (χ0n) is 10.2. The summed E-state index contributed by atoms with van der Waals surface area (Å²) in [6, 6.07) is 13.1. The van der Waals surface area contributed by atoms with Crippen molar-refractivity contribution in [3.05, 3.63) is 58.1 Å². The maximum atomic E-state index is 11.3. The maximum Gasteiger partial charge on any atom is 0.159 e. The van der Waals surface area contributed by atoms with E-state index >= 15 is 0 Å². The predicted octanol–water partition coefficient (Wildman–Crippen LogP) is 4.75. The van der Waals surface area contributed by atoms with Gasteiger partial charge >= 0.3 is 0 Å². The van der Waals surface area contributed by atoms with Crippen LogP contribution in [0, 0.1) is 6.92 Å². The number of aryl methyl sites for hydroxylation is 1. The van der Waals surface area contributed by atoms with E-state index in [1.807, 2.05) is 37.3 Å². The highest BCUT2D eigenvalue weighted by Gasteiger charge is 2.05. The standard InChI is InChI=1S/C15H13BrO2/c1-10-6-7-13(16)9-15(10)18-14-5-3-4-12(8-14)11(2)17/h3-9H,1-2H3. The third-order valence-electron chi connectivity index (χ3n) is 2.62. The van der Waals surface area contributed by atoms with Crippen molar-refractivity contribution in [2.45, 2.75) is 13.8 Å². The number of hydrogen-bond acceptors (Lipinski definition) is 2. The van der Waals surface area contributed by atoms with Crippen LogP contribution in [0.15, 0.2) is 46.9 Å². The SMILES string of the molecule is CC(=O)c1cccc(Oc2cc(Br)ccc2C)c1. The highest BCUT2D eigenvalue weighted by molar-refractivity contribution is 9.10. The monoisotopic (exact) mass is 304 g/mol. The Morgan fingerprint density at radius 2 is 1.94 bits per heavy atom. The fourth-order valence-corrected chi connectivity index (χ4v) is 1.93. The van der Waals surface area contributed by atoms with Crippen LogP contribution in [-0.4, -0.2) is 5.78 Å². The first kappa shape index (κ1) is 12.8. The Balaban J connectivity index is 2.31. The predicted molar refractivity (Wildman–Crippen MR) is 75.4 cm³/mol. The van der Waals surface area contributed by atoms with Crippen molar-refractivity contribution in [3.8, 4) is 11.5 Å². The van der Waals surface area contributed by atoms with E-state index in [-0.39, 0.29) is 5.78 Å². The topological polar surface area (TPSA) is 26.3 Å². The van der Waals surface area contributed by atoms with E-state index in [9.17, 15) is 4.79 Å². The van der Waals surface area contributed by atoms with Gasteiger partial charge in [-0.15, -0.1) is 0 Å². The summed E-state index contributed by atoms with van der Waals surface area (Å²) in [6.07, 6.45) is 0. The van der Waals surface area contributed by atoms with E-state index in [4.69, 9.17) is 4.74 Å². The molecule has 0 aromatic heterocycles. The molecule has 92 valence electrons. The number of carbonyl (C=O) groups excluding carboxylic acids is 1. The summed E-state index contributed by atoms with van der Waals surface area (Å²) in [5.74, 6) is 1.49. The van der Waals surface area contributed by atoms with Crippen LogP contribution in [0.2, 0.25) is 0 Å². The first-order valence-corrected chi connectivity index (χ1v) is 6.40. The molecular formula is C15H13BrO2. The largest absolute Gasteiger partial charge is 0.457 e. The molecule has 0 saturated heterocycles. The van der Waals surface area contributed by atoms with Crippen molar-refractivity contribution in [2.75, 3.05) is 0 Å². The molecular weight excluding hydrogens is 292 g/mol. The zero-order chi connectivity index (χ0) is 13.1. The van der Waals surface area contributed by atoms with E-state index in [0.717, 1.165) is 15.8 Å². The molecule has 0 bridgehead atoms. The minimum atomic E-state index is 0.0337. The van der Waals surface area contributed by atoms with Crippen molar-refractivity contribution in [2.24, 2.45) is 0 Å². The quantitative estimate of drug-likeness (QED) is 0.765. The van der Waals surface area contributed by atoms with Gasteiger partial charge in [0.1, 0.15) is 11.5 Å². The lowest BCUT2D eigenvalue weighted by Crippen LogP contribution is -1.93. The first-order chi connectivity index (χ1) is 8.56. The second-order valence-electron chi connectivity index (χ2n) is 4.10. The Bertz CT molecular complexity index is 591. The number of halogens is 1. The van der Waals surface area contributed by atoms with Crippen LogP contribution in [0.3, 0.4) is 0 Å². The molecule has 2 rings (SSSR count). The Hall–Kier alpha value is -1.61. The molecule has 2 nitrogen and oxygen atoms in total. The van der Waals surface area contributed by atoms with E-state index < -0.39 is 0 Å². The van der Waals surface area contributed by atoms with Gasteiger partial charge in [0.15, 0.2) is 5.78 Å². The highest BCUT2D eigenvalue weighted by atomic mass is 79.9. The third kappa shape index (κ3) is 2.99. The average molecular weight is 305 g/mol. The summed E-state index contributed by atoms with van der Waals surface area (Å²) in [5, 5.41) is 0. The van der Waals surface area contributed by atoms with Crippen LogP contribution in [0.1, 0.15) is 22.8 Å². The molecule has 3 heteroatoms. The number of hydrogen-bond donors (Lipinski definition) is 0. The molecule has 0 amide bonds. The van der Waals surface area contributed by atoms with Crippen LogP contribution >= 0.6 is 15.9 Å². The minimum absolute atomic E-state index is 0.0337. The number of ketones is 1. The molecule has 0 saturated carbocycles. The summed E-state index contributed by atoms with van der Waals surface area (Å²) < 4.78 is 6.76. The lowest BCUT2D eigenvalue weighted by atomic mass is 10.1. The van der Waals surface area contributed by atoms with Gasteiger partial charge in [-0.25, -0.2) is 0 Å². The van der Waals surface area contributed by atoms with Gasteiger partial charge in [-0.2, -0.15) is 0 Å². The fourth-order valence-electron chi connectivity index (χ4n) is 1.59. The molecule has 0 aliphatic heterocycles. The Morgan fingerprint density at radius 1 is 1.17 bits per heavy atom. The van der Waals surface area contributed by atoms with Crippen molar-refractivity contribution < 1.29 is 9.53 Å². The van der Waals surface area contributed by atoms with E-state index in [1.54, 1.807) is 19.1 Å². The molecule has 2 aromatic rings. The molecule has 0 aliphatic carbocycles. The molecule has 2 aromatic carbocycles. The Kier molecular flexibility index (Phi) is 3.82.